The second-order valence-corrected chi connectivity index (χ2v) is 5.30. The Morgan fingerprint density at radius 2 is 2.42 bits per heavy atom. The van der Waals surface area contributed by atoms with Crippen LogP contribution in [0.15, 0.2) is 15.9 Å². The van der Waals surface area contributed by atoms with E-state index in [1.165, 1.54) is 9.35 Å². The lowest BCUT2D eigenvalue weighted by Gasteiger charge is -2.40. The van der Waals surface area contributed by atoms with Crippen molar-refractivity contribution in [3.8, 4) is 0 Å². The lowest BCUT2D eigenvalue weighted by atomic mass is 9.70. The van der Waals surface area contributed by atoms with Crippen LogP contribution in [0, 0.1) is 5.92 Å². The van der Waals surface area contributed by atoms with Gasteiger partial charge in [-0.1, -0.05) is 6.92 Å². The zero-order valence-corrected chi connectivity index (χ0v) is 9.36. The molecule has 12 heavy (non-hydrogen) atoms. The topological polar surface area (TPSA) is 26.0 Å². The Hall–Kier alpha value is 0.140. The first-order valence-electron chi connectivity index (χ1n) is 4.18. The molecule has 3 unspecified atom stereocenters. The van der Waals surface area contributed by atoms with E-state index in [4.69, 9.17) is 5.73 Å². The minimum atomic E-state index is 0.420. The molecule has 1 saturated carbocycles. The van der Waals surface area contributed by atoms with Gasteiger partial charge in [0.15, 0.2) is 0 Å². The van der Waals surface area contributed by atoms with Gasteiger partial charge in [-0.3, -0.25) is 0 Å². The van der Waals surface area contributed by atoms with Gasteiger partial charge in [0.1, 0.15) is 0 Å². The minimum Gasteiger partial charge on any atom is -0.327 e. The first-order valence-corrected chi connectivity index (χ1v) is 5.86. The molecule has 66 valence electrons. The van der Waals surface area contributed by atoms with Gasteiger partial charge in [-0.15, -0.1) is 11.3 Å². The van der Waals surface area contributed by atoms with Crippen LogP contribution < -0.4 is 5.73 Å². The average Bonchev–Trinajstić information content (AvgIpc) is 2.46. The van der Waals surface area contributed by atoms with E-state index in [0.717, 1.165) is 6.42 Å². The molecular weight excluding hydrogens is 234 g/mol. The molecule has 0 aliphatic heterocycles. The summed E-state index contributed by atoms with van der Waals surface area (Å²) in [6.07, 6.45) is 1.15. The number of hydrogen-bond donors (Lipinski definition) is 1. The van der Waals surface area contributed by atoms with E-state index < -0.39 is 0 Å². The lowest BCUT2D eigenvalue weighted by molar-refractivity contribution is 0.229. The predicted octanol–water partition coefficient (Wildman–Crippen LogP) is 2.96. The highest BCUT2D eigenvalue weighted by Gasteiger charge is 2.37. The smallest absolute Gasteiger partial charge is 0.0317 e. The maximum absolute atomic E-state index is 5.86. The van der Waals surface area contributed by atoms with Crippen LogP contribution in [0.4, 0.5) is 0 Å². The van der Waals surface area contributed by atoms with E-state index in [9.17, 15) is 0 Å². The van der Waals surface area contributed by atoms with Crippen molar-refractivity contribution in [3.63, 3.8) is 0 Å². The van der Waals surface area contributed by atoms with Crippen LogP contribution in [-0.4, -0.2) is 6.04 Å². The van der Waals surface area contributed by atoms with Crippen LogP contribution in [0.5, 0.6) is 0 Å². The molecule has 0 bridgehead atoms. The first kappa shape index (κ1) is 8.73. The SMILES string of the molecule is CC1C(N)CC1c1sccc1Br. The Bertz CT molecular complexity index is 284. The highest BCUT2D eigenvalue weighted by molar-refractivity contribution is 9.10. The fourth-order valence-electron chi connectivity index (χ4n) is 1.74. The summed E-state index contributed by atoms with van der Waals surface area (Å²) in [4.78, 5) is 1.48. The Morgan fingerprint density at radius 3 is 2.83 bits per heavy atom. The van der Waals surface area contributed by atoms with Crippen LogP contribution in [0.2, 0.25) is 0 Å². The average molecular weight is 246 g/mol. The van der Waals surface area contributed by atoms with Gasteiger partial charge in [0, 0.05) is 15.4 Å². The molecule has 3 heteroatoms. The summed E-state index contributed by atoms with van der Waals surface area (Å²) in [7, 11) is 0. The summed E-state index contributed by atoms with van der Waals surface area (Å²) in [6.45, 7) is 2.24. The number of halogens is 1. The van der Waals surface area contributed by atoms with Crippen molar-refractivity contribution in [2.45, 2.75) is 25.3 Å². The Morgan fingerprint density at radius 1 is 1.67 bits per heavy atom. The van der Waals surface area contributed by atoms with E-state index >= 15 is 0 Å². The molecule has 0 spiro atoms. The molecule has 1 fully saturated rings. The molecule has 0 aromatic carbocycles. The lowest BCUT2D eigenvalue weighted by Crippen LogP contribution is -2.43. The van der Waals surface area contributed by atoms with Crippen molar-refractivity contribution in [3.05, 3.63) is 20.8 Å². The number of hydrogen-bond acceptors (Lipinski definition) is 2. The molecule has 0 amide bonds. The summed E-state index contributed by atoms with van der Waals surface area (Å²) in [5.41, 5.74) is 5.86. The van der Waals surface area contributed by atoms with Crippen LogP contribution in [0.1, 0.15) is 24.1 Å². The van der Waals surface area contributed by atoms with Crippen molar-refractivity contribution in [1.82, 2.24) is 0 Å². The summed E-state index contributed by atoms with van der Waals surface area (Å²) in [5, 5.41) is 2.13. The Kier molecular flexibility index (Phi) is 2.27. The Labute approximate surface area is 85.1 Å². The molecule has 0 radical (unpaired) electrons. The van der Waals surface area contributed by atoms with Gasteiger partial charge in [0.05, 0.1) is 0 Å². The summed E-state index contributed by atoms with van der Waals surface area (Å²) >= 11 is 5.40. The highest BCUT2D eigenvalue weighted by Crippen LogP contribution is 2.45. The van der Waals surface area contributed by atoms with E-state index in [0.29, 0.717) is 17.9 Å². The molecule has 3 atom stereocenters. The first-order chi connectivity index (χ1) is 5.70. The summed E-state index contributed by atoms with van der Waals surface area (Å²) in [6, 6.07) is 2.54. The van der Waals surface area contributed by atoms with Gasteiger partial charge < -0.3 is 5.73 Å². The van der Waals surface area contributed by atoms with Crippen molar-refractivity contribution >= 4 is 27.3 Å². The minimum absolute atomic E-state index is 0.420. The third-order valence-corrected chi connectivity index (χ3v) is 4.82. The van der Waals surface area contributed by atoms with Crippen LogP contribution in [0.3, 0.4) is 0 Å². The Balaban J connectivity index is 2.18. The standard InChI is InChI=1S/C9H12BrNS/c1-5-6(4-8(5)11)9-7(10)2-3-12-9/h2-3,5-6,8H,4,11H2,1H3. The third kappa shape index (κ3) is 1.24. The highest BCUT2D eigenvalue weighted by atomic mass is 79.9. The molecule has 0 saturated heterocycles. The monoisotopic (exact) mass is 245 g/mol. The zero-order chi connectivity index (χ0) is 8.72. The maximum atomic E-state index is 5.86. The molecule has 1 nitrogen and oxygen atoms in total. The molecule has 2 N–H and O–H groups in total. The van der Waals surface area contributed by atoms with Gasteiger partial charge in [-0.05, 0) is 45.6 Å². The largest absolute Gasteiger partial charge is 0.327 e. The molecule has 2 rings (SSSR count). The van der Waals surface area contributed by atoms with E-state index in [-0.39, 0.29) is 0 Å². The van der Waals surface area contributed by atoms with E-state index in [1.807, 2.05) is 11.3 Å². The second kappa shape index (κ2) is 3.13. The maximum Gasteiger partial charge on any atom is 0.0317 e. The quantitative estimate of drug-likeness (QED) is 0.810. The van der Waals surface area contributed by atoms with Gasteiger partial charge in [0.25, 0.3) is 0 Å². The van der Waals surface area contributed by atoms with Crippen LogP contribution >= 0.6 is 27.3 Å². The van der Waals surface area contributed by atoms with Gasteiger partial charge in [-0.25, -0.2) is 0 Å². The fourth-order valence-corrected chi connectivity index (χ4v) is 3.64. The number of thiophene rings is 1. The van der Waals surface area contributed by atoms with E-state index in [1.54, 1.807) is 0 Å². The second-order valence-electron chi connectivity index (χ2n) is 3.50. The predicted molar refractivity (Wildman–Crippen MR) is 56.5 cm³/mol. The summed E-state index contributed by atoms with van der Waals surface area (Å²) < 4.78 is 1.26. The van der Waals surface area contributed by atoms with Gasteiger partial charge >= 0.3 is 0 Å². The number of nitrogens with two attached hydrogens (primary N) is 1. The normalized spacial score (nSPS) is 34.8. The molecule has 1 heterocycles. The van der Waals surface area contributed by atoms with Crippen molar-refractivity contribution in [2.24, 2.45) is 11.7 Å². The molecule has 1 aliphatic carbocycles. The molecule has 1 aromatic heterocycles. The van der Waals surface area contributed by atoms with Crippen molar-refractivity contribution in [2.75, 3.05) is 0 Å². The molecule has 1 aliphatic rings. The molecular formula is C9H12BrNS. The third-order valence-electron chi connectivity index (χ3n) is 2.82. The van der Waals surface area contributed by atoms with Crippen LogP contribution in [0.25, 0.3) is 0 Å². The van der Waals surface area contributed by atoms with E-state index in [2.05, 4.69) is 34.3 Å². The van der Waals surface area contributed by atoms with Crippen LogP contribution in [-0.2, 0) is 0 Å². The summed E-state index contributed by atoms with van der Waals surface area (Å²) in [5.74, 6) is 1.36. The fraction of sp³-hybridized carbons (Fsp3) is 0.556. The van der Waals surface area contributed by atoms with Crippen molar-refractivity contribution < 1.29 is 0 Å². The number of rotatable bonds is 1. The molecule has 1 aromatic rings. The zero-order valence-electron chi connectivity index (χ0n) is 6.96. The van der Waals surface area contributed by atoms with Gasteiger partial charge in [0.2, 0.25) is 0 Å². The van der Waals surface area contributed by atoms with Gasteiger partial charge in [-0.2, -0.15) is 0 Å². The van der Waals surface area contributed by atoms with Crippen molar-refractivity contribution in [1.29, 1.82) is 0 Å².